The van der Waals surface area contributed by atoms with Crippen LogP contribution >= 0.6 is 0 Å². The molecule has 0 radical (unpaired) electrons. The molecule has 1 aliphatic rings. The van der Waals surface area contributed by atoms with Gasteiger partial charge in [0.05, 0.1) is 13.2 Å². The van der Waals surface area contributed by atoms with E-state index < -0.39 is 0 Å². The topological polar surface area (TPSA) is 68.9 Å². The Balaban J connectivity index is 1.68. The van der Waals surface area contributed by atoms with Crippen LogP contribution in [0.15, 0.2) is 23.2 Å². The summed E-state index contributed by atoms with van der Waals surface area (Å²) in [5, 5.41) is 3.15. The van der Waals surface area contributed by atoms with Crippen molar-refractivity contribution in [3.8, 4) is 0 Å². The molecule has 0 heterocycles. The van der Waals surface area contributed by atoms with Gasteiger partial charge in [0.2, 0.25) is 0 Å². The largest absolute Gasteiger partial charge is 0.382 e. The molecule has 0 amide bonds. The van der Waals surface area contributed by atoms with Gasteiger partial charge in [-0.15, -0.1) is 0 Å². The average molecular weight is 291 g/mol. The smallest absolute Gasteiger partial charge is 0.193 e. The van der Waals surface area contributed by atoms with E-state index in [-0.39, 0.29) is 0 Å². The molecule has 0 bridgehead atoms. The van der Waals surface area contributed by atoms with E-state index in [2.05, 4.69) is 28.5 Å². The van der Waals surface area contributed by atoms with Crippen LogP contribution < -0.4 is 11.1 Å². The zero-order chi connectivity index (χ0) is 14.9. The zero-order valence-corrected chi connectivity index (χ0v) is 12.7. The highest BCUT2D eigenvalue weighted by Gasteiger charge is 2.10. The Morgan fingerprint density at radius 1 is 1.24 bits per heavy atom. The number of nitrogens with two attached hydrogens (primary N) is 1. The Kier molecular flexibility index (Phi) is 6.50. The number of hydrogen-bond donors (Lipinski definition) is 2. The fourth-order valence-electron chi connectivity index (χ4n) is 2.45. The van der Waals surface area contributed by atoms with E-state index in [1.54, 1.807) is 7.11 Å². The first-order valence-electron chi connectivity index (χ1n) is 7.55. The maximum atomic E-state index is 5.89. The summed E-state index contributed by atoms with van der Waals surface area (Å²) in [7, 11) is 1.67. The molecule has 1 aliphatic carbocycles. The summed E-state index contributed by atoms with van der Waals surface area (Å²) >= 11 is 0. The normalized spacial score (nSPS) is 14.2. The first kappa shape index (κ1) is 15.8. The van der Waals surface area contributed by atoms with Crippen molar-refractivity contribution in [2.24, 2.45) is 10.7 Å². The van der Waals surface area contributed by atoms with E-state index in [4.69, 9.17) is 15.2 Å². The van der Waals surface area contributed by atoms with Crippen LogP contribution in [-0.2, 0) is 22.3 Å². The highest BCUT2D eigenvalue weighted by atomic mass is 16.5. The lowest BCUT2D eigenvalue weighted by molar-refractivity contribution is 0.0702. The van der Waals surface area contributed by atoms with E-state index in [1.807, 2.05) is 0 Å². The number of fused-ring (bicyclic) bond motifs is 1. The number of hydrogen-bond acceptors (Lipinski definition) is 3. The van der Waals surface area contributed by atoms with Gasteiger partial charge in [0, 0.05) is 25.9 Å². The van der Waals surface area contributed by atoms with Crippen LogP contribution in [0.4, 0.5) is 5.69 Å². The molecule has 1 aromatic carbocycles. The van der Waals surface area contributed by atoms with Gasteiger partial charge < -0.3 is 20.5 Å². The highest BCUT2D eigenvalue weighted by molar-refractivity contribution is 5.92. The third-order valence-electron chi connectivity index (χ3n) is 3.53. The fraction of sp³-hybridized carbons (Fsp3) is 0.562. The Morgan fingerprint density at radius 2 is 2.10 bits per heavy atom. The molecule has 0 unspecified atom stereocenters. The molecule has 116 valence electrons. The summed E-state index contributed by atoms with van der Waals surface area (Å²) in [6.07, 6.45) is 4.48. The third kappa shape index (κ3) is 5.36. The Morgan fingerprint density at radius 3 is 2.95 bits per heavy atom. The van der Waals surface area contributed by atoms with Gasteiger partial charge in [-0.05, 0) is 48.9 Å². The lowest BCUT2D eigenvalue weighted by Crippen LogP contribution is -2.23. The van der Waals surface area contributed by atoms with Crippen LogP contribution in [0, 0.1) is 0 Å². The quantitative estimate of drug-likeness (QED) is 0.436. The summed E-state index contributed by atoms with van der Waals surface area (Å²) in [6.45, 7) is 2.60. The average Bonchev–Trinajstić information content (AvgIpc) is 2.94. The number of methoxy groups -OCH3 is 1. The van der Waals surface area contributed by atoms with Crippen molar-refractivity contribution in [2.75, 3.05) is 38.8 Å². The summed E-state index contributed by atoms with van der Waals surface area (Å²) in [4.78, 5) is 4.30. The number of aryl methyl sites for hydroxylation is 2. The molecule has 3 N–H and O–H groups in total. The third-order valence-corrected chi connectivity index (χ3v) is 3.53. The van der Waals surface area contributed by atoms with Gasteiger partial charge in [0.1, 0.15) is 0 Å². The molecule has 5 heteroatoms. The fourth-order valence-corrected chi connectivity index (χ4v) is 2.45. The predicted molar refractivity (Wildman–Crippen MR) is 85.9 cm³/mol. The second kappa shape index (κ2) is 8.64. The summed E-state index contributed by atoms with van der Waals surface area (Å²) in [5.41, 5.74) is 9.81. The van der Waals surface area contributed by atoms with Crippen molar-refractivity contribution in [1.29, 1.82) is 0 Å². The lowest BCUT2D eigenvalue weighted by atomic mass is 10.1. The molecule has 0 fully saturated rings. The highest BCUT2D eigenvalue weighted by Crippen LogP contribution is 2.24. The minimum absolute atomic E-state index is 0.463. The number of anilines is 1. The van der Waals surface area contributed by atoms with Crippen molar-refractivity contribution in [1.82, 2.24) is 0 Å². The predicted octanol–water partition coefficient (Wildman–Crippen LogP) is 1.95. The SMILES string of the molecule is COCCOCCCN=C(N)Nc1ccc2c(c1)CCC2. The number of nitrogens with one attached hydrogen (secondary N) is 1. The standard InChI is InChI=1S/C16H25N3O2/c1-20-10-11-21-9-3-8-18-16(17)19-15-7-6-13-4-2-5-14(13)12-15/h6-7,12H,2-5,8-11H2,1H3,(H3,17,18,19). The molecule has 0 saturated heterocycles. The van der Waals surface area contributed by atoms with E-state index in [9.17, 15) is 0 Å². The van der Waals surface area contributed by atoms with E-state index in [0.29, 0.717) is 32.3 Å². The number of nitrogens with zero attached hydrogens (tertiary/aromatic N) is 1. The minimum atomic E-state index is 0.463. The number of guanidine groups is 1. The van der Waals surface area contributed by atoms with Crippen molar-refractivity contribution in [2.45, 2.75) is 25.7 Å². The van der Waals surface area contributed by atoms with Gasteiger partial charge in [-0.1, -0.05) is 6.07 Å². The van der Waals surface area contributed by atoms with Gasteiger partial charge in [0.15, 0.2) is 5.96 Å². The van der Waals surface area contributed by atoms with E-state index in [1.165, 1.54) is 30.4 Å². The Bertz CT molecular complexity index is 475. The van der Waals surface area contributed by atoms with E-state index >= 15 is 0 Å². The van der Waals surface area contributed by atoms with Crippen molar-refractivity contribution < 1.29 is 9.47 Å². The summed E-state index contributed by atoms with van der Waals surface area (Å²) < 4.78 is 10.3. The van der Waals surface area contributed by atoms with Crippen LogP contribution in [0.5, 0.6) is 0 Å². The van der Waals surface area contributed by atoms with Crippen LogP contribution in [0.1, 0.15) is 24.0 Å². The van der Waals surface area contributed by atoms with E-state index in [0.717, 1.165) is 12.1 Å². The number of aliphatic imine (C=N–C) groups is 1. The molecule has 0 atom stereocenters. The molecule has 2 rings (SSSR count). The van der Waals surface area contributed by atoms with Crippen molar-refractivity contribution in [3.05, 3.63) is 29.3 Å². The van der Waals surface area contributed by atoms with Gasteiger partial charge in [-0.3, -0.25) is 4.99 Å². The van der Waals surface area contributed by atoms with Crippen LogP contribution in [0.2, 0.25) is 0 Å². The monoisotopic (exact) mass is 291 g/mol. The Labute approximate surface area is 126 Å². The maximum absolute atomic E-state index is 5.89. The summed E-state index contributed by atoms with van der Waals surface area (Å²) in [5.74, 6) is 0.463. The van der Waals surface area contributed by atoms with Crippen molar-refractivity contribution in [3.63, 3.8) is 0 Å². The lowest BCUT2D eigenvalue weighted by Gasteiger charge is -2.08. The molecule has 0 aliphatic heterocycles. The molecule has 5 nitrogen and oxygen atoms in total. The van der Waals surface area contributed by atoms with Crippen LogP contribution in [0.25, 0.3) is 0 Å². The molecule has 1 aromatic rings. The second-order valence-corrected chi connectivity index (χ2v) is 5.19. The minimum Gasteiger partial charge on any atom is -0.382 e. The van der Waals surface area contributed by atoms with Gasteiger partial charge in [-0.2, -0.15) is 0 Å². The first-order chi connectivity index (χ1) is 10.3. The van der Waals surface area contributed by atoms with Crippen LogP contribution in [-0.4, -0.2) is 39.4 Å². The number of rotatable bonds is 8. The summed E-state index contributed by atoms with van der Waals surface area (Å²) in [6, 6.07) is 6.43. The zero-order valence-electron chi connectivity index (χ0n) is 12.7. The second-order valence-electron chi connectivity index (χ2n) is 5.19. The Hall–Kier alpha value is -1.59. The molecule has 0 spiro atoms. The first-order valence-corrected chi connectivity index (χ1v) is 7.55. The molecule has 0 saturated carbocycles. The van der Waals surface area contributed by atoms with Gasteiger partial charge in [0.25, 0.3) is 0 Å². The number of ether oxygens (including phenoxy) is 2. The number of benzene rings is 1. The molecular weight excluding hydrogens is 266 g/mol. The van der Waals surface area contributed by atoms with Crippen LogP contribution in [0.3, 0.4) is 0 Å². The molecule has 21 heavy (non-hydrogen) atoms. The maximum Gasteiger partial charge on any atom is 0.193 e. The van der Waals surface area contributed by atoms with Gasteiger partial charge in [-0.25, -0.2) is 0 Å². The molecule has 0 aromatic heterocycles. The molecular formula is C16H25N3O2. The van der Waals surface area contributed by atoms with Gasteiger partial charge >= 0.3 is 0 Å². The van der Waals surface area contributed by atoms with Crippen molar-refractivity contribution >= 4 is 11.6 Å².